The Labute approximate surface area is 155 Å². The van der Waals surface area contributed by atoms with Crippen LogP contribution in [-0.4, -0.2) is 23.8 Å². The summed E-state index contributed by atoms with van der Waals surface area (Å²) in [4.78, 5) is 29.0. The van der Waals surface area contributed by atoms with Gasteiger partial charge in [-0.25, -0.2) is 4.98 Å². The van der Waals surface area contributed by atoms with Gasteiger partial charge in [0.1, 0.15) is 5.75 Å². The second kappa shape index (κ2) is 7.49. The molecule has 0 aliphatic heterocycles. The van der Waals surface area contributed by atoms with Gasteiger partial charge in [0.05, 0.1) is 22.9 Å². The molecule has 6 heteroatoms. The van der Waals surface area contributed by atoms with E-state index in [1.165, 1.54) is 24.3 Å². The van der Waals surface area contributed by atoms with Gasteiger partial charge in [0.15, 0.2) is 10.9 Å². The highest BCUT2D eigenvalue weighted by Gasteiger charge is 2.17. The van der Waals surface area contributed by atoms with Crippen molar-refractivity contribution >= 4 is 44.5 Å². The van der Waals surface area contributed by atoms with Crippen LogP contribution in [0.5, 0.6) is 5.75 Å². The molecule has 0 unspecified atom stereocenters. The van der Waals surface area contributed by atoms with Gasteiger partial charge >= 0.3 is 0 Å². The number of thiazole rings is 1. The summed E-state index contributed by atoms with van der Waals surface area (Å²) in [6.07, 6.45) is 1.54. The molecular formula is C20H18N2O3S. The molecule has 0 saturated heterocycles. The quantitative estimate of drug-likeness (QED) is 0.417. The highest BCUT2D eigenvalue weighted by atomic mass is 32.1. The van der Waals surface area contributed by atoms with Crippen molar-refractivity contribution in [2.24, 2.45) is 0 Å². The summed E-state index contributed by atoms with van der Waals surface area (Å²) < 4.78 is 6.26. The number of aromatic nitrogens is 1. The van der Waals surface area contributed by atoms with Crippen molar-refractivity contribution in [1.82, 2.24) is 4.98 Å². The molecule has 3 rings (SSSR count). The molecule has 0 aliphatic carbocycles. The molecule has 5 nitrogen and oxygen atoms in total. The highest BCUT2D eigenvalue weighted by Crippen LogP contribution is 2.27. The lowest BCUT2D eigenvalue weighted by molar-refractivity contribution is -0.118. The smallest absolute Gasteiger partial charge is 0.261 e. The maximum atomic E-state index is 12.6. The minimum absolute atomic E-state index is 0.0462. The van der Waals surface area contributed by atoms with Crippen LogP contribution in [0.4, 0.5) is 5.13 Å². The standard InChI is InChI=1S/C20H18N2O3S/c1-12-8-9-16-18(10-12)26-20(21-16)22-19(24)15(13(2)23)11-14-6-4-5-7-17(14)25-3/h4-11H,1-3H3,(H,21,22,24)/b15-11+. The zero-order chi connectivity index (χ0) is 18.7. The third kappa shape index (κ3) is 3.81. The first kappa shape index (κ1) is 17.8. The van der Waals surface area contributed by atoms with Crippen molar-refractivity contribution in [3.63, 3.8) is 0 Å². The number of para-hydroxylation sites is 1. The largest absolute Gasteiger partial charge is 0.496 e. The maximum Gasteiger partial charge on any atom is 0.261 e. The number of rotatable bonds is 5. The van der Waals surface area contributed by atoms with Gasteiger partial charge in [0, 0.05) is 5.56 Å². The summed E-state index contributed by atoms with van der Waals surface area (Å²) in [6.45, 7) is 3.36. The molecule has 0 spiro atoms. The average molecular weight is 366 g/mol. The van der Waals surface area contributed by atoms with Gasteiger partial charge in [0.2, 0.25) is 0 Å². The molecule has 0 aliphatic rings. The van der Waals surface area contributed by atoms with Crippen molar-refractivity contribution in [2.75, 3.05) is 12.4 Å². The maximum absolute atomic E-state index is 12.6. The Morgan fingerprint density at radius 2 is 1.96 bits per heavy atom. The van der Waals surface area contributed by atoms with Gasteiger partial charge < -0.3 is 4.74 Å². The Balaban J connectivity index is 1.91. The molecular weight excluding hydrogens is 348 g/mol. The second-order valence-corrected chi connectivity index (χ2v) is 6.83. The van der Waals surface area contributed by atoms with Crippen molar-refractivity contribution in [3.8, 4) is 5.75 Å². The number of carbonyl (C=O) groups is 2. The van der Waals surface area contributed by atoms with Crippen LogP contribution in [0, 0.1) is 6.92 Å². The van der Waals surface area contributed by atoms with Crippen LogP contribution in [-0.2, 0) is 9.59 Å². The Kier molecular flexibility index (Phi) is 5.14. The minimum atomic E-state index is -0.487. The van der Waals surface area contributed by atoms with Crippen LogP contribution in [0.3, 0.4) is 0 Å². The lowest BCUT2D eigenvalue weighted by Crippen LogP contribution is -2.18. The van der Waals surface area contributed by atoms with Crippen molar-refractivity contribution < 1.29 is 14.3 Å². The number of nitrogens with zero attached hydrogens (tertiary/aromatic N) is 1. The number of ketones is 1. The number of nitrogens with one attached hydrogen (secondary N) is 1. The number of Topliss-reactive ketones (excluding diaryl/α,β-unsaturated/α-hetero) is 1. The summed E-state index contributed by atoms with van der Waals surface area (Å²) >= 11 is 1.38. The Morgan fingerprint density at radius 3 is 2.69 bits per heavy atom. The van der Waals surface area contributed by atoms with Crippen LogP contribution < -0.4 is 10.1 Å². The van der Waals surface area contributed by atoms with Gasteiger partial charge in [-0.3, -0.25) is 14.9 Å². The first-order chi connectivity index (χ1) is 12.5. The molecule has 0 fully saturated rings. The predicted octanol–water partition coefficient (Wildman–Crippen LogP) is 4.22. The van der Waals surface area contributed by atoms with E-state index in [0.717, 1.165) is 15.8 Å². The summed E-state index contributed by atoms with van der Waals surface area (Å²) in [6, 6.07) is 13.1. The molecule has 0 bridgehead atoms. The van der Waals surface area contributed by atoms with E-state index in [2.05, 4.69) is 10.3 Å². The van der Waals surface area contributed by atoms with E-state index in [4.69, 9.17) is 4.74 Å². The fourth-order valence-corrected chi connectivity index (χ4v) is 3.48. The molecule has 1 amide bonds. The molecule has 1 aromatic heterocycles. The Morgan fingerprint density at radius 1 is 1.19 bits per heavy atom. The lowest BCUT2D eigenvalue weighted by Gasteiger charge is -2.07. The molecule has 0 radical (unpaired) electrons. The van der Waals surface area contributed by atoms with E-state index in [-0.39, 0.29) is 11.4 Å². The Bertz CT molecular complexity index is 1020. The number of hydrogen-bond acceptors (Lipinski definition) is 5. The number of ether oxygens (including phenoxy) is 1. The summed E-state index contributed by atoms with van der Waals surface area (Å²) in [5, 5.41) is 3.19. The van der Waals surface area contributed by atoms with Gasteiger partial charge in [-0.1, -0.05) is 35.6 Å². The first-order valence-electron chi connectivity index (χ1n) is 8.02. The van der Waals surface area contributed by atoms with Crippen molar-refractivity contribution in [2.45, 2.75) is 13.8 Å². The van der Waals surface area contributed by atoms with E-state index < -0.39 is 5.91 Å². The van der Waals surface area contributed by atoms with E-state index in [1.807, 2.05) is 37.3 Å². The van der Waals surface area contributed by atoms with Crippen LogP contribution in [0.25, 0.3) is 16.3 Å². The molecule has 1 heterocycles. The number of benzene rings is 2. The van der Waals surface area contributed by atoms with Gasteiger partial charge in [-0.15, -0.1) is 0 Å². The number of aryl methyl sites for hydroxylation is 1. The van der Waals surface area contributed by atoms with Crippen molar-refractivity contribution in [1.29, 1.82) is 0 Å². The van der Waals surface area contributed by atoms with Crippen molar-refractivity contribution in [3.05, 3.63) is 59.2 Å². The molecule has 0 atom stereocenters. The number of amides is 1. The predicted molar refractivity (Wildman–Crippen MR) is 105 cm³/mol. The SMILES string of the molecule is COc1ccccc1/C=C(\C(C)=O)C(=O)Nc1nc2ccc(C)cc2s1. The number of hydrogen-bond donors (Lipinski definition) is 1. The third-order valence-electron chi connectivity index (χ3n) is 3.83. The monoisotopic (exact) mass is 366 g/mol. The second-order valence-electron chi connectivity index (χ2n) is 5.80. The first-order valence-corrected chi connectivity index (χ1v) is 8.84. The zero-order valence-electron chi connectivity index (χ0n) is 14.7. The van der Waals surface area contributed by atoms with E-state index in [0.29, 0.717) is 16.4 Å². The molecule has 0 saturated carbocycles. The van der Waals surface area contributed by atoms with Gasteiger partial charge in [-0.05, 0) is 43.7 Å². The fraction of sp³-hybridized carbons (Fsp3) is 0.150. The molecule has 3 aromatic rings. The fourth-order valence-electron chi connectivity index (χ4n) is 2.52. The number of anilines is 1. The highest BCUT2D eigenvalue weighted by molar-refractivity contribution is 7.22. The number of fused-ring (bicyclic) bond motifs is 1. The zero-order valence-corrected chi connectivity index (χ0v) is 15.5. The number of carbonyl (C=O) groups excluding carboxylic acids is 2. The van der Waals surface area contributed by atoms with Crippen LogP contribution in [0.15, 0.2) is 48.0 Å². The molecule has 132 valence electrons. The van der Waals surface area contributed by atoms with Crippen LogP contribution in [0.2, 0.25) is 0 Å². The van der Waals surface area contributed by atoms with Gasteiger partial charge in [-0.2, -0.15) is 0 Å². The summed E-state index contributed by atoms with van der Waals surface area (Å²) in [7, 11) is 1.54. The van der Waals surface area contributed by atoms with Crippen LogP contribution in [0.1, 0.15) is 18.1 Å². The Hall–Kier alpha value is -2.99. The third-order valence-corrected chi connectivity index (χ3v) is 4.76. The minimum Gasteiger partial charge on any atom is -0.496 e. The lowest BCUT2D eigenvalue weighted by atomic mass is 10.1. The molecule has 1 N–H and O–H groups in total. The van der Waals surface area contributed by atoms with E-state index in [1.54, 1.807) is 19.2 Å². The van der Waals surface area contributed by atoms with Gasteiger partial charge in [0.25, 0.3) is 5.91 Å². The average Bonchev–Trinajstić information content (AvgIpc) is 3.00. The topological polar surface area (TPSA) is 68.3 Å². The molecule has 2 aromatic carbocycles. The summed E-state index contributed by atoms with van der Waals surface area (Å²) in [5.74, 6) is -0.223. The summed E-state index contributed by atoms with van der Waals surface area (Å²) in [5.41, 5.74) is 2.65. The van der Waals surface area contributed by atoms with E-state index >= 15 is 0 Å². The molecule has 26 heavy (non-hydrogen) atoms. The number of methoxy groups -OCH3 is 1. The van der Waals surface area contributed by atoms with Crippen LogP contribution >= 0.6 is 11.3 Å². The van der Waals surface area contributed by atoms with E-state index in [9.17, 15) is 9.59 Å². The normalized spacial score (nSPS) is 11.4.